The number of carbonyl (C=O) groups is 1. The predicted molar refractivity (Wildman–Crippen MR) is 102 cm³/mol. The normalized spacial score (nSPS) is 25.3. The Labute approximate surface area is 152 Å². The average Bonchev–Trinajstić information content (AvgIpc) is 2.63. The third kappa shape index (κ3) is 3.34. The van der Waals surface area contributed by atoms with Gasteiger partial charge in [-0.05, 0) is 25.3 Å². The molecule has 1 aliphatic carbocycles. The van der Waals surface area contributed by atoms with E-state index in [2.05, 4.69) is 43.4 Å². The molecule has 2 atom stereocenters. The summed E-state index contributed by atoms with van der Waals surface area (Å²) < 4.78 is 5.74. The van der Waals surface area contributed by atoms with E-state index in [4.69, 9.17) is 10.5 Å². The van der Waals surface area contributed by atoms with E-state index in [0.717, 1.165) is 12.8 Å². The minimum atomic E-state index is -0.864. The second-order valence-corrected chi connectivity index (χ2v) is 7.88. The first kappa shape index (κ1) is 19.9. The summed E-state index contributed by atoms with van der Waals surface area (Å²) in [6.45, 7) is 11.6. The molecule has 1 aromatic rings. The van der Waals surface area contributed by atoms with Crippen molar-refractivity contribution in [3.05, 3.63) is 35.9 Å². The van der Waals surface area contributed by atoms with E-state index < -0.39 is 5.54 Å². The molecule has 1 saturated carbocycles. The van der Waals surface area contributed by atoms with Crippen LogP contribution in [0.5, 0.6) is 0 Å². The fraction of sp³-hybridized carbons (Fsp3) is 0.667. The van der Waals surface area contributed by atoms with Crippen molar-refractivity contribution in [1.82, 2.24) is 5.32 Å². The molecule has 2 unspecified atom stereocenters. The van der Waals surface area contributed by atoms with E-state index >= 15 is 0 Å². The molecule has 1 fully saturated rings. The maximum atomic E-state index is 12.9. The van der Waals surface area contributed by atoms with Crippen molar-refractivity contribution in [3.63, 3.8) is 0 Å². The minimum absolute atomic E-state index is 0.0458. The molecule has 4 heteroatoms. The maximum Gasteiger partial charge on any atom is 0.240 e. The first-order valence-corrected chi connectivity index (χ1v) is 9.51. The summed E-state index contributed by atoms with van der Waals surface area (Å²) in [4.78, 5) is 12.9. The van der Waals surface area contributed by atoms with Gasteiger partial charge in [-0.3, -0.25) is 4.79 Å². The van der Waals surface area contributed by atoms with Crippen LogP contribution >= 0.6 is 0 Å². The molecule has 1 aromatic carbocycles. The van der Waals surface area contributed by atoms with Crippen LogP contribution < -0.4 is 11.1 Å². The van der Waals surface area contributed by atoms with Crippen LogP contribution in [0.4, 0.5) is 0 Å². The molecule has 0 heterocycles. The highest BCUT2D eigenvalue weighted by Crippen LogP contribution is 2.50. The molecule has 0 saturated heterocycles. The Morgan fingerprint density at radius 2 is 1.84 bits per heavy atom. The van der Waals surface area contributed by atoms with E-state index in [9.17, 15) is 4.79 Å². The first-order chi connectivity index (χ1) is 11.8. The number of rotatable bonds is 8. The molecule has 1 aliphatic rings. The first-order valence-electron chi connectivity index (χ1n) is 9.51. The summed E-state index contributed by atoms with van der Waals surface area (Å²) in [5.74, 6) is -0.0596. The molecular formula is C21H34N2O2. The monoisotopic (exact) mass is 346 g/mol. The highest BCUT2D eigenvalue weighted by atomic mass is 16.5. The van der Waals surface area contributed by atoms with Gasteiger partial charge in [-0.1, -0.05) is 58.0 Å². The number of nitrogens with two attached hydrogens (primary N) is 1. The summed E-state index contributed by atoms with van der Waals surface area (Å²) in [7, 11) is 0. The number of hydrogen-bond donors (Lipinski definition) is 2. The van der Waals surface area contributed by atoms with Crippen molar-refractivity contribution in [3.8, 4) is 0 Å². The van der Waals surface area contributed by atoms with Crippen molar-refractivity contribution < 1.29 is 9.53 Å². The zero-order chi connectivity index (χ0) is 18.7. The molecule has 1 amide bonds. The largest absolute Gasteiger partial charge is 0.378 e. The number of amides is 1. The number of hydrogen-bond acceptors (Lipinski definition) is 3. The van der Waals surface area contributed by atoms with Crippen molar-refractivity contribution >= 4 is 5.91 Å². The van der Waals surface area contributed by atoms with Crippen LogP contribution in [-0.2, 0) is 14.9 Å². The Morgan fingerprint density at radius 3 is 2.32 bits per heavy atom. The third-order valence-corrected chi connectivity index (χ3v) is 6.56. The lowest BCUT2D eigenvalue weighted by molar-refractivity contribution is -0.170. The fourth-order valence-corrected chi connectivity index (χ4v) is 4.03. The molecule has 3 N–H and O–H groups in total. The lowest BCUT2D eigenvalue weighted by Gasteiger charge is -2.57. The second kappa shape index (κ2) is 7.46. The molecule has 0 spiro atoms. The standard InChI is InChI=1S/C21H34N2O2/c1-6-20(7-2,16-12-10-9-11-13-16)15-23-18(24)21(22)14-17(25-8-3)19(21,4)5/h9-13,17H,6-8,14-15,22H2,1-5H3,(H,23,24). The van der Waals surface area contributed by atoms with Gasteiger partial charge < -0.3 is 15.8 Å². The van der Waals surface area contributed by atoms with Gasteiger partial charge in [0.2, 0.25) is 5.91 Å². The van der Waals surface area contributed by atoms with E-state index in [1.807, 2.05) is 26.8 Å². The van der Waals surface area contributed by atoms with Crippen molar-refractivity contribution in [2.45, 2.75) is 70.9 Å². The smallest absolute Gasteiger partial charge is 0.240 e. The molecule has 0 aromatic heterocycles. The van der Waals surface area contributed by atoms with Gasteiger partial charge in [-0.25, -0.2) is 0 Å². The number of ether oxygens (including phenoxy) is 1. The summed E-state index contributed by atoms with van der Waals surface area (Å²) >= 11 is 0. The van der Waals surface area contributed by atoms with Crippen molar-refractivity contribution in [2.24, 2.45) is 11.1 Å². The van der Waals surface area contributed by atoms with Crippen LogP contribution in [0.25, 0.3) is 0 Å². The van der Waals surface area contributed by atoms with Gasteiger partial charge in [0.1, 0.15) is 5.54 Å². The molecule has 2 rings (SSSR count). The van der Waals surface area contributed by atoms with Crippen LogP contribution in [0.3, 0.4) is 0 Å². The van der Waals surface area contributed by atoms with Crippen LogP contribution in [0.1, 0.15) is 59.4 Å². The van der Waals surface area contributed by atoms with Crippen molar-refractivity contribution in [1.29, 1.82) is 0 Å². The summed E-state index contributed by atoms with van der Waals surface area (Å²) in [5, 5.41) is 3.17. The van der Waals surface area contributed by atoms with Crippen molar-refractivity contribution in [2.75, 3.05) is 13.2 Å². The van der Waals surface area contributed by atoms with Crippen LogP contribution in [0.15, 0.2) is 30.3 Å². The zero-order valence-corrected chi connectivity index (χ0v) is 16.4. The van der Waals surface area contributed by atoms with Gasteiger partial charge in [-0.15, -0.1) is 0 Å². The Bertz CT molecular complexity index is 581. The molecule has 0 aliphatic heterocycles. The number of carbonyl (C=O) groups excluding carboxylic acids is 1. The number of benzene rings is 1. The number of nitrogens with one attached hydrogen (secondary N) is 1. The second-order valence-electron chi connectivity index (χ2n) is 7.88. The zero-order valence-electron chi connectivity index (χ0n) is 16.4. The SMILES string of the molecule is CCOC1CC(N)(C(=O)NCC(CC)(CC)c2ccccc2)C1(C)C. The van der Waals surface area contributed by atoms with Gasteiger partial charge in [0.05, 0.1) is 6.10 Å². The van der Waals surface area contributed by atoms with Crippen LogP contribution in [0, 0.1) is 5.41 Å². The van der Waals surface area contributed by atoms with E-state index in [1.54, 1.807) is 0 Å². The lowest BCUT2D eigenvalue weighted by Crippen LogP contribution is -2.76. The lowest BCUT2D eigenvalue weighted by atomic mass is 9.54. The topological polar surface area (TPSA) is 64.3 Å². The van der Waals surface area contributed by atoms with Crippen LogP contribution in [-0.4, -0.2) is 30.7 Å². The fourth-order valence-electron chi connectivity index (χ4n) is 4.03. The van der Waals surface area contributed by atoms with Gasteiger partial charge in [0, 0.05) is 30.4 Å². The maximum absolute atomic E-state index is 12.9. The average molecular weight is 347 g/mol. The third-order valence-electron chi connectivity index (χ3n) is 6.56. The molecule has 4 nitrogen and oxygen atoms in total. The Kier molecular flexibility index (Phi) is 5.95. The summed E-state index contributed by atoms with van der Waals surface area (Å²) in [6.07, 6.45) is 2.56. The van der Waals surface area contributed by atoms with Crippen LogP contribution in [0.2, 0.25) is 0 Å². The Morgan fingerprint density at radius 1 is 1.24 bits per heavy atom. The van der Waals surface area contributed by atoms with Gasteiger partial charge in [0.15, 0.2) is 0 Å². The Balaban J connectivity index is 2.10. The van der Waals surface area contributed by atoms with E-state index in [0.29, 0.717) is 19.6 Å². The Hall–Kier alpha value is -1.39. The van der Waals surface area contributed by atoms with E-state index in [1.165, 1.54) is 5.56 Å². The molecule has 140 valence electrons. The van der Waals surface area contributed by atoms with Gasteiger partial charge >= 0.3 is 0 Å². The van der Waals surface area contributed by atoms with E-state index in [-0.39, 0.29) is 22.8 Å². The van der Waals surface area contributed by atoms with Gasteiger partial charge in [-0.2, -0.15) is 0 Å². The highest BCUT2D eigenvalue weighted by molar-refractivity contribution is 5.88. The molecule has 25 heavy (non-hydrogen) atoms. The highest BCUT2D eigenvalue weighted by Gasteiger charge is 2.62. The molecule has 0 bridgehead atoms. The minimum Gasteiger partial charge on any atom is -0.378 e. The molecule has 0 radical (unpaired) electrons. The van der Waals surface area contributed by atoms with Gasteiger partial charge in [0.25, 0.3) is 0 Å². The summed E-state index contributed by atoms with van der Waals surface area (Å²) in [6, 6.07) is 10.4. The quantitative estimate of drug-likeness (QED) is 0.758. The summed E-state index contributed by atoms with van der Waals surface area (Å²) in [5.41, 5.74) is 6.49. The predicted octanol–water partition coefficient (Wildman–Crippen LogP) is 3.39. The molecular weight excluding hydrogens is 312 g/mol.